The summed E-state index contributed by atoms with van der Waals surface area (Å²) < 4.78 is 4.82. The molecular formula is C11H14N2O4. The second-order valence-corrected chi connectivity index (χ2v) is 4.29. The molecule has 1 fully saturated rings. The summed E-state index contributed by atoms with van der Waals surface area (Å²) in [5.74, 6) is -1.31. The van der Waals surface area contributed by atoms with E-state index in [0.717, 1.165) is 6.42 Å². The number of aryl methyl sites for hydroxylation is 1. The highest BCUT2D eigenvalue weighted by molar-refractivity contribution is 5.94. The number of nitrogens with one attached hydrogen (secondary N) is 1. The van der Waals surface area contributed by atoms with Gasteiger partial charge < -0.3 is 14.9 Å². The van der Waals surface area contributed by atoms with E-state index in [1.54, 1.807) is 13.0 Å². The molecule has 2 N–H and O–H groups in total. The molecule has 0 radical (unpaired) electrons. The number of nitrogens with zero attached hydrogens (tertiary/aromatic N) is 1. The lowest BCUT2D eigenvalue weighted by Crippen LogP contribution is -2.30. The van der Waals surface area contributed by atoms with Crippen LogP contribution in [0.25, 0.3) is 0 Å². The minimum absolute atomic E-state index is 0.289. The fraction of sp³-hybridized carbons (Fsp3) is 0.545. The van der Waals surface area contributed by atoms with Crippen molar-refractivity contribution in [1.29, 1.82) is 0 Å². The smallest absolute Gasteiger partial charge is 0.307 e. The van der Waals surface area contributed by atoms with Crippen LogP contribution in [0, 0.1) is 18.8 Å². The van der Waals surface area contributed by atoms with Crippen LogP contribution in [-0.4, -0.2) is 22.1 Å². The van der Waals surface area contributed by atoms with Crippen molar-refractivity contribution in [2.45, 2.75) is 26.2 Å². The first-order valence-electron chi connectivity index (χ1n) is 5.55. The molecule has 0 saturated heterocycles. The number of carbonyl (C=O) groups excluding carboxylic acids is 1. The Morgan fingerprint density at radius 2 is 2.18 bits per heavy atom. The molecule has 1 amide bonds. The van der Waals surface area contributed by atoms with E-state index in [1.165, 1.54) is 0 Å². The zero-order chi connectivity index (χ0) is 12.4. The average molecular weight is 238 g/mol. The van der Waals surface area contributed by atoms with Gasteiger partial charge in [-0.15, -0.1) is 0 Å². The maximum absolute atomic E-state index is 11.9. The molecule has 1 aromatic heterocycles. The predicted molar refractivity (Wildman–Crippen MR) is 58.3 cm³/mol. The van der Waals surface area contributed by atoms with Gasteiger partial charge in [-0.3, -0.25) is 9.59 Å². The quantitative estimate of drug-likeness (QED) is 0.830. The number of rotatable bonds is 3. The first kappa shape index (κ1) is 11.6. The van der Waals surface area contributed by atoms with E-state index in [-0.39, 0.29) is 5.91 Å². The van der Waals surface area contributed by atoms with Gasteiger partial charge in [-0.05, 0) is 19.8 Å². The van der Waals surface area contributed by atoms with E-state index in [0.29, 0.717) is 24.4 Å². The molecule has 1 aromatic rings. The Balaban J connectivity index is 2.02. The molecule has 0 aromatic carbocycles. The van der Waals surface area contributed by atoms with Crippen LogP contribution in [0.2, 0.25) is 0 Å². The summed E-state index contributed by atoms with van der Waals surface area (Å²) in [5.41, 5.74) is 0. The Morgan fingerprint density at radius 1 is 1.47 bits per heavy atom. The molecule has 1 aliphatic carbocycles. The number of hydrogen-bond donors (Lipinski definition) is 2. The SMILES string of the molecule is Cc1cc(NC(=O)[C@@H]2CCC[C@@H]2C(=O)O)no1. The van der Waals surface area contributed by atoms with Crippen molar-refractivity contribution in [3.63, 3.8) is 0 Å². The molecular weight excluding hydrogens is 224 g/mol. The third kappa shape index (κ3) is 2.46. The minimum Gasteiger partial charge on any atom is -0.481 e. The van der Waals surface area contributed by atoms with Crippen LogP contribution in [0.5, 0.6) is 0 Å². The van der Waals surface area contributed by atoms with Gasteiger partial charge in [-0.1, -0.05) is 11.6 Å². The van der Waals surface area contributed by atoms with Crippen LogP contribution in [0.15, 0.2) is 10.6 Å². The van der Waals surface area contributed by atoms with Gasteiger partial charge in [0.15, 0.2) is 5.82 Å². The second-order valence-electron chi connectivity index (χ2n) is 4.29. The highest BCUT2D eigenvalue weighted by Crippen LogP contribution is 2.32. The Hall–Kier alpha value is -1.85. The maximum atomic E-state index is 11.9. The van der Waals surface area contributed by atoms with Crippen LogP contribution < -0.4 is 5.32 Å². The fourth-order valence-electron chi connectivity index (χ4n) is 2.21. The van der Waals surface area contributed by atoms with Crippen molar-refractivity contribution >= 4 is 17.7 Å². The molecule has 1 saturated carbocycles. The Bertz CT molecular complexity index is 440. The number of carboxylic acids is 1. The number of hydrogen-bond acceptors (Lipinski definition) is 4. The standard InChI is InChI=1S/C11H14N2O4/c1-6-5-9(13-17-6)12-10(14)7-3-2-4-8(7)11(15)16/h5,7-8H,2-4H2,1H3,(H,15,16)(H,12,13,14)/t7-,8+/m1/s1. The number of carbonyl (C=O) groups is 2. The molecule has 0 spiro atoms. The first-order chi connectivity index (χ1) is 8.08. The number of amides is 1. The number of carboxylic acid groups (broad SMARTS) is 1. The van der Waals surface area contributed by atoms with Crippen LogP contribution in [0.1, 0.15) is 25.0 Å². The normalized spacial score (nSPS) is 23.6. The molecule has 17 heavy (non-hydrogen) atoms. The molecule has 2 atom stereocenters. The number of aromatic nitrogens is 1. The lowest BCUT2D eigenvalue weighted by atomic mass is 9.95. The van der Waals surface area contributed by atoms with E-state index >= 15 is 0 Å². The summed E-state index contributed by atoms with van der Waals surface area (Å²) >= 11 is 0. The first-order valence-corrected chi connectivity index (χ1v) is 5.55. The summed E-state index contributed by atoms with van der Waals surface area (Å²) in [7, 11) is 0. The van der Waals surface area contributed by atoms with Crippen molar-refractivity contribution in [3.05, 3.63) is 11.8 Å². The van der Waals surface area contributed by atoms with E-state index < -0.39 is 17.8 Å². The maximum Gasteiger partial charge on any atom is 0.307 e. The highest BCUT2D eigenvalue weighted by atomic mass is 16.5. The lowest BCUT2D eigenvalue weighted by Gasteiger charge is -2.13. The van der Waals surface area contributed by atoms with Gasteiger partial charge in [-0.2, -0.15) is 0 Å². The van der Waals surface area contributed by atoms with Crippen molar-refractivity contribution in [2.24, 2.45) is 11.8 Å². The largest absolute Gasteiger partial charge is 0.481 e. The lowest BCUT2D eigenvalue weighted by molar-refractivity contribution is -0.145. The van der Waals surface area contributed by atoms with Gasteiger partial charge in [0.25, 0.3) is 0 Å². The van der Waals surface area contributed by atoms with E-state index in [4.69, 9.17) is 9.63 Å². The van der Waals surface area contributed by atoms with Crippen molar-refractivity contribution in [1.82, 2.24) is 5.16 Å². The van der Waals surface area contributed by atoms with Gasteiger partial charge in [0.1, 0.15) is 5.76 Å². The van der Waals surface area contributed by atoms with E-state index in [2.05, 4.69) is 10.5 Å². The summed E-state index contributed by atoms with van der Waals surface area (Å²) in [6, 6.07) is 1.60. The zero-order valence-electron chi connectivity index (χ0n) is 9.47. The summed E-state index contributed by atoms with van der Waals surface area (Å²) in [6.07, 6.45) is 1.94. The van der Waals surface area contributed by atoms with Gasteiger partial charge in [0, 0.05) is 6.07 Å². The van der Waals surface area contributed by atoms with Gasteiger partial charge in [0.2, 0.25) is 5.91 Å². The van der Waals surface area contributed by atoms with Gasteiger partial charge >= 0.3 is 5.97 Å². The third-order valence-corrected chi connectivity index (χ3v) is 3.05. The van der Waals surface area contributed by atoms with E-state index in [1.807, 2.05) is 0 Å². The fourth-order valence-corrected chi connectivity index (χ4v) is 2.21. The number of anilines is 1. The molecule has 6 nitrogen and oxygen atoms in total. The monoisotopic (exact) mass is 238 g/mol. The van der Waals surface area contributed by atoms with Crippen LogP contribution in [-0.2, 0) is 9.59 Å². The number of aliphatic carboxylic acids is 1. The summed E-state index contributed by atoms with van der Waals surface area (Å²) in [5, 5.41) is 15.2. The average Bonchev–Trinajstić information content (AvgIpc) is 2.86. The topological polar surface area (TPSA) is 92.4 Å². The van der Waals surface area contributed by atoms with Gasteiger partial charge in [-0.25, -0.2) is 0 Å². The van der Waals surface area contributed by atoms with Crippen LogP contribution >= 0.6 is 0 Å². The van der Waals surface area contributed by atoms with Crippen LogP contribution in [0.3, 0.4) is 0 Å². The second kappa shape index (κ2) is 4.57. The molecule has 2 rings (SSSR count). The van der Waals surface area contributed by atoms with Crippen molar-refractivity contribution < 1.29 is 19.2 Å². The summed E-state index contributed by atoms with van der Waals surface area (Å²) in [4.78, 5) is 22.8. The highest BCUT2D eigenvalue weighted by Gasteiger charge is 2.37. The van der Waals surface area contributed by atoms with Crippen molar-refractivity contribution in [3.8, 4) is 0 Å². The Morgan fingerprint density at radius 3 is 2.76 bits per heavy atom. The Kier molecular flexibility index (Phi) is 3.12. The molecule has 0 bridgehead atoms. The minimum atomic E-state index is -0.904. The Labute approximate surface area is 98.0 Å². The van der Waals surface area contributed by atoms with E-state index in [9.17, 15) is 9.59 Å². The van der Waals surface area contributed by atoms with Crippen molar-refractivity contribution in [2.75, 3.05) is 5.32 Å². The molecule has 1 heterocycles. The molecule has 92 valence electrons. The third-order valence-electron chi connectivity index (χ3n) is 3.05. The zero-order valence-corrected chi connectivity index (χ0v) is 9.47. The van der Waals surface area contributed by atoms with Gasteiger partial charge in [0.05, 0.1) is 11.8 Å². The molecule has 1 aliphatic rings. The summed E-state index contributed by atoms with van der Waals surface area (Å²) in [6.45, 7) is 1.72. The molecule has 6 heteroatoms. The predicted octanol–water partition coefficient (Wildman–Crippen LogP) is 1.42. The molecule has 0 unspecified atom stereocenters. The molecule has 0 aliphatic heterocycles. The van der Waals surface area contributed by atoms with Crippen LogP contribution in [0.4, 0.5) is 5.82 Å².